The zero-order chi connectivity index (χ0) is 14.2. The number of carbonyl (C=O) groups excluding carboxylic acids is 1. The van der Waals surface area contributed by atoms with Crippen LogP contribution in [0.5, 0.6) is 0 Å². The molecule has 1 aromatic rings. The zero-order valence-electron chi connectivity index (χ0n) is 12.1. The average molecular weight is 277 g/mol. The lowest BCUT2D eigenvalue weighted by molar-refractivity contribution is 0.00583. The number of nitrogens with one attached hydrogen (secondary N) is 1. The number of anilines is 1. The number of benzene rings is 1. The minimum Gasteiger partial charge on any atom is -0.447 e. The van der Waals surface area contributed by atoms with Gasteiger partial charge in [-0.15, -0.1) is 0 Å². The number of ether oxygens (including phenoxy) is 2. The fourth-order valence-electron chi connectivity index (χ4n) is 2.37. The fraction of sp³-hybridized carbons (Fsp3) is 0.562. The highest BCUT2D eigenvalue weighted by atomic mass is 16.6. The average Bonchev–Trinajstić information content (AvgIpc) is 2.47. The van der Waals surface area contributed by atoms with E-state index >= 15 is 0 Å². The van der Waals surface area contributed by atoms with Gasteiger partial charge in [0.2, 0.25) is 0 Å². The van der Waals surface area contributed by atoms with E-state index in [2.05, 4.69) is 5.32 Å². The SMILES string of the molecule is Cc1ccc(NC(=O)OCCOC2CCCCC2)cc1. The minimum atomic E-state index is -0.430. The Kier molecular flexibility index (Phi) is 5.87. The highest BCUT2D eigenvalue weighted by Crippen LogP contribution is 2.19. The first-order chi connectivity index (χ1) is 9.74. The van der Waals surface area contributed by atoms with Crippen LogP contribution >= 0.6 is 0 Å². The summed E-state index contributed by atoms with van der Waals surface area (Å²) in [5.41, 5.74) is 1.90. The molecule has 20 heavy (non-hydrogen) atoms. The molecule has 0 heterocycles. The maximum absolute atomic E-state index is 11.6. The summed E-state index contributed by atoms with van der Waals surface area (Å²) in [6, 6.07) is 7.61. The predicted molar refractivity (Wildman–Crippen MR) is 79.0 cm³/mol. The maximum atomic E-state index is 11.6. The molecule has 0 radical (unpaired) electrons. The van der Waals surface area contributed by atoms with Gasteiger partial charge in [0.1, 0.15) is 6.61 Å². The maximum Gasteiger partial charge on any atom is 0.411 e. The third kappa shape index (κ3) is 5.21. The molecule has 4 nitrogen and oxygen atoms in total. The van der Waals surface area contributed by atoms with E-state index in [0.29, 0.717) is 19.3 Å². The highest BCUT2D eigenvalue weighted by molar-refractivity contribution is 5.84. The predicted octanol–water partition coefficient (Wildman–Crippen LogP) is 3.89. The van der Waals surface area contributed by atoms with E-state index in [1.165, 1.54) is 19.3 Å². The van der Waals surface area contributed by atoms with Crippen LogP contribution < -0.4 is 5.32 Å². The van der Waals surface area contributed by atoms with Gasteiger partial charge in [-0.3, -0.25) is 5.32 Å². The Morgan fingerprint density at radius 1 is 1.15 bits per heavy atom. The van der Waals surface area contributed by atoms with E-state index in [9.17, 15) is 4.79 Å². The number of carbonyl (C=O) groups is 1. The molecular weight excluding hydrogens is 254 g/mol. The molecule has 0 atom stereocenters. The van der Waals surface area contributed by atoms with Gasteiger partial charge in [-0.25, -0.2) is 4.79 Å². The van der Waals surface area contributed by atoms with Crippen LogP contribution in [0.25, 0.3) is 0 Å². The Labute approximate surface area is 120 Å². The van der Waals surface area contributed by atoms with Crippen molar-refractivity contribution < 1.29 is 14.3 Å². The lowest BCUT2D eigenvalue weighted by Gasteiger charge is -2.21. The van der Waals surface area contributed by atoms with Crippen molar-refractivity contribution in [2.75, 3.05) is 18.5 Å². The Morgan fingerprint density at radius 3 is 2.55 bits per heavy atom. The molecule has 110 valence electrons. The Balaban J connectivity index is 1.59. The summed E-state index contributed by atoms with van der Waals surface area (Å²) in [7, 11) is 0. The second-order valence-electron chi connectivity index (χ2n) is 5.26. The van der Waals surface area contributed by atoms with Gasteiger partial charge < -0.3 is 9.47 Å². The Hall–Kier alpha value is -1.55. The van der Waals surface area contributed by atoms with Gasteiger partial charge in [0.25, 0.3) is 0 Å². The summed E-state index contributed by atoms with van der Waals surface area (Å²) in [6.07, 6.45) is 6.01. The second kappa shape index (κ2) is 7.90. The summed E-state index contributed by atoms with van der Waals surface area (Å²) in [6.45, 7) is 2.78. The first-order valence-electron chi connectivity index (χ1n) is 7.36. The van der Waals surface area contributed by atoms with Gasteiger partial charge >= 0.3 is 6.09 Å². The van der Waals surface area contributed by atoms with Crippen molar-refractivity contribution >= 4 is 11.8 Å². The number of amides is 1. The molecule has 0 aliphatic heterocycles. The molecule has 0 bridgehead atoms. The first-order valence-corrected chi connectivity index (χ1v) is 7.36. The van der Waals surface area contributed by atoms with Gasteiger partial charge in [-0.05, 0) is 31.9 Å². The van der Waals surface area contributed by atoms with E-state index in [0.717, 1.165) is 24.1 Å². The zero-order valence-corrected chi connectivity index (χ0v) is 12.1. The molecule has 0 aromatic heterocycles. The number of rotatable bonds is 5. The van der Waals surface area contributed by atoms with Gasteiger partial charge in [0.15, 0.2) is 0 Å². The monoisotopic (exact) mass is 277 g/mol. The van der Waals surface area contributed by atoms with Crippen molar-refractivity contribution in [1.82, 2.24) is 0 Å². The van der Waals surface area contributed by atoms with E-state index < -0.39 is 6.09 Å². The van der Waals surface area contributed by atoms with Gasteiger partial charge in [-0.1, -0.05) is 37.0 Å². The van der Waals surface area contributed by atoms with Gasteiger partial charge in [0, 0.05) is 5.69 Å². The van der Waals surface area contributed by atoms with Crippen molar-refractivity contribution in [3.05, 3.63) is 29.8 Å². The summed E-state index contributed by atoms with van der Waals surface area (Å²) < 4.78 is 10.8. The standard InChI is InChI=1S/C16H23NO3/c1-13-7-9-14(10-8-13)17-16(18)20-12-11-19-15-5-3-2-4-6-15/h7-10,15H,2-6,11-12H2,1H3,(H,17,18). The van der Waals surface area contributed by atoms with E-state index in [-0.39, 0.29) is 0 Å². The van der Waals surface area contributed by atoms with Crippen LogP contribution in [0.15, 0.2) is 24.3 Å². The smallest absolute Gasteiger partial charge is 0.411 e. The molecule has 1 fully saturated rings. The topological polar surface area (TPSA) is 47.6 Å². The van der Waals surface area contributed by atoms with Crippen molar-refractivity contribution in [2.24, 2.45) is 0 Å². The van der Waals surface area contributed by atoms with Crippen LogP contribution in [0, 0.1) is 6.92 Å². The van der Waals surface area contributed by atoms with E-state index in [1.54, 1.807) is 0 Å². The van der Waals surface area contributed by atoms with Crippen molar-refractivity contribution in [2.45, 2.75) is 45.1 Å². The molecule has 2 rings (SSSR count). The molecule has 0 spiro atoms. The van der Waals surface area contributed by atoms with Crippen LogP contribution in [0.3, 0.4) is 0 Å². The van der Waals surface area contributed by atoms with E-state index in [1.807, 2.05) is 31.2 Å². The number of aryl methyl sites for hydroxylation is 1. The van der Waals surface area contributed by atoms with E-state index in [4.69, 9.17) is 9.47 Å². The van der Waals surface area contributed by atoms with Crippen LogP contribution in [-0.4, -0.2) is 25.4 Å². The van der Waals surface area contributed by atoms with Crippen molar-refractivity contribution in [3.8, 4) is 0 Å². The van der Waals surface area contributed by atoms with Crippen molar-refractivity contribution in [3.63, 3.8) is 0 Å². The molecule has 1 aliphatic carbocycles. The molecule has 1 aromatic carbocycles. The molecule has 0 saturated heterocycles. The lowest BCUT2D eigenvalue weighted by atomic mass is 9.98. The second-order valence-corrected chi connectivity index (χ2v) is 5.26. The normalized spacial score (nSPS) is 15.8. The van der Waals surface area contributed by atoms with Crippen LogP contribution in [0.2, 0.25) is 0 Å². The van der Waals surface area contributed by atoms with Crippen molar-refractivity contribution in [1.29, 1.82) is 0 Å². The summed E-state index contributed by atoms with van der Waals surface area (Å²) in [5.74, 6) is 0. The molecule has 1 amide bonds. The summed E-state index contributed by atoms with van der Waals surface area (Å²) in [5, 5.41) is 2.69. The van der Waals surface area contributed by atoms with Crippen LogP contribution in [0.1, 0.15) is 37.7 Å². The Bertz CT molecular complexity index is 410. The molecule has 1 N–H and O–H groups in total. The Morgan fingerprint density at radius 2 is 1.85 bits per heavy atom. The van der Waals surface area contributed by atoms with Gasteiger partial charge in [0.05, 0.1) is 12.7 Å². The molecule has 0 unspecified atom stereocenters. The molecule has 1 saturated carbocycles. The third-order valence-corrected chi connectivity index (χ3v) is 3.52. The largest absolute Gasteiger partial charge is 0.447 e. The lowest BCUT2D eigenvalue weighted by Crippen LogP contribution is -2.21. The number of hydrogen-bond donors (Lipinski definition) is 1. The molecular formula is C16H23NO3. The summed E-state index contributed by atoms with van der Waals surface area (Å²) >= 11 is 0. The van der Waals surface area contributed by atoms with Gasteiger partial charge in [-0.2, -0.15) is 0 Å². The quantitative estimate of drug-likeness (QED) is 0.830. The number of hydrogen-bond acceptors (Lipinski definition) is 3. The first kappa shape index (κ1) is 14.9. The van der Waals surface area contributed by atoms with Crippen LogP contribution in [-0.2, 0) is 9.47 Å². The third-order valence-electron chi connectivity index (χ3n) is 3.52. The fourth-order valence-corrected chi connectivity index (χ4v) is 2.37. The van der Waals surface area contributed by atoms with Crippen LogP contribution in [0.4, 0.5) is 10.5 Å². The highest BCUT2D eigenvalue weighted by Gasteiger charge is 2.13. The minimum absolute atomic E-state index is 0.300. The molecule has 4 heteroatoms. The summed E-state index contributed by atoms with van der Waals surface area (Å²) in [4.78, 5) is 11.6. The molecule has 1 aliphatic rings.